The second kappa shape index (κ2) is 7.41. The fourth-order valence-electron chi connectivity index (χ4n) is 2.26. The second-order valence-corrected chi connectivity index (χ2v) is 8.28. The Morgan fingerprint density at radius 1 is 1.15 bits per heavy atom. The van der Waals surface area contributed by atoms with E-state index in [1.54, 1.807) is 45.0 Å². The Kier molecular flexibility index (Phi) is 5.22. The fourth-order valence-corrected chi connectivity index (χ4v) is 3.19. The molecular formula is C18H22N4O3S. The van der Waals surface area contributed by atoms with Gasteiger partial charge < -0.3 is 10.1 Å². The molecule has 0 atom stereocenters. The van der Waals surface area contributed by atoms with E-state index in [4.69, 9.17) is 4.74 Å². The van der Waals surface area contributed by atoms with Gasteiger partial charge in [0, 0.05) is 11.6 Å². The number of hydrogen-bond donors (Lipinski definition) is 2. The summed E-state index contributed by atoms with van der Waals surface area (Å²) in [6.45, 7) is 5.42. The van der Waals surface area contributed by atoms with Crippen molar-refractivity contribution >= 4 is 34.2 Å². The highest BCUT2D eigenvalue weighted by molar-refractivity contribution is 7.15. The molecule has 0 spiro atoms. The number of carbonyl (C=O) groups excluding carboxylic acids is 2. The van der Waals surface area contributed by atoms with Crippen LogP contribution in [-0.2, 0) is 16.0 Å². The van der Waals surface area contributed by atoms with Crippen molar-refractivity contribution in [2.24, 2.45) is 0 Å². The van der Waals surface area contributed by atoms with Gasteiger partial charge in [0.15, 0.2) is 0 Å². The normalized spacial score (nSPS) is 14.0. The first-order valence-corrected chi connectivity index (χ1v) is 9.32. The van der Waals surface area contributed by atoms with Crippen LogP contribution < -0.4 is 10.6 Å². The first-order valence-electron chi connectivity index (χ1n) is 8.51. The van der Waals surface area contributed by atoms with Gasteiger partial charge in [-0.25, -0.2) is 4.79 Å². The van der Waals surface area contributed by atoms with Gasteiger partial charge in [0.2, 0.25) is 11.0 Å². The Morgan fingerprint density at radius 2 is 1.85 bits per heavy atom. The number of ether oxygens (including phenoxy) is 1. The number of aromatic nitrogens is 2. The summed E-state index contributed by atoms with van der Waals surface area (Å²) in [5.41, 5.74) is 0.900. The number of amides is 2. The van der Waals surface area contributed by atoms with Crippen LogP contribution >= 0.6 is 11.3 Å². The molecule has 0 aliphatic heterocycles. The van der Waals surface area contributed by atoms with Crippen LogP contribution in [0.25, 0.3) is 0 Å². The van der Waals surface area contributed by atoms with E-state index in [2.05, 4.69) is 20.8 Å². The summed E-state index contributed by atoms with van der Waals surface area (Å²) in [6, 6.07) is 7.06. The Morgan fingerprint density at radius 3 is 2.46 bits per heavy atom. The van der Waals surface area contributed by atoms with E-state index in [1.807, 2.05) is 0 Å². The molecule has 7 nitrogen and oxygen atoms in total. The van der Waals surface area contributed by atoms with Gasteiger partial charge in [0.25, 0.3) is 0 Å². The van der Waals surface area contributed by atoms with Gasteiger partial charge in [0.05, 0.1) is 6.42 Å². The Hall–Kier alpha value is -2.48. The maximum atomic E-state index is 12.1. The van der Waals surface area contributed by atoms with Gasteiger partial charge in [-0.05, 0) is 51.3 Å². The molecule has 8 heteroatoms. The molecule has 138 valence electrons. The van der Waals surface area contributed by atoms with Gasteiger partial charge in [0.1, 0.15) is 10.6 Å². The lowest BCUT2D eigenvalue weighted by Crippen LogP contribution is -2.27. The number of anilines is 2. The first kappa shape index (κ1) is 18.3. The smallest absolute Gasteiger partial charge is 0.412 e. The molecule has 1 aromatic heterocycles. The van der Waals surface area contributed by atoms with Gasteiger partial charge in [-0.1, -0.05) is 23.5 Å². The van der Waals surface area contributed by atoms with Crippen molar-refractivity contribution in [3.05, 3.63) is 34.8 Å². The molecule has 1 aliphatic carbocycles. The molecule has 0 unspecified atom stereocenters. The summed E-state index contributed by atoms with van der Waals surface area (Å²) in [5, 5.41) is 15.1. The highest BCUT2D eigenvalue weighted by Crippen LogP contribution is 2.42. The van der Waals surface area contributed by atoms with E-state index in [0.29, 0.717) is 16.7 Å². The number of rotatable bonds is 5. The van der Waals surface area contributed by atoms with Gasteiger partial charge in [-0.15, -0.1) is 10.2 Å². The zero-order valence-corrected chi connectivity index (χ0v) is 15.9. The van der Waals surface area contributed by atoms with Crippen LogP contribution in [0.15, 0.2) is 24.3 Å². The SMILES string of the molecule is CC(C)(C)OC(=O)Nc1ccc(CC(=O)Nc2nnc(C3CC3)s2)cc1. The predicted molar refractivity (Wildman–Crippen MR) is 101 cm³/mol. The zero-order chi connectivity index (χ0) is 18.7. The van der Waals surface area contributed by atoms with Crippen LogP contribution in [0.2, 0.25) is 0 Å². The van der Waals surface area contributed by atoms with E-state index in [1.165, 1.54) is 11.3 Å². The van der Waals surface area contributed by atoms with Crippen molar-refractivity contribution in [3.8, 4) is 0 Å². The second-order valence-electron chi connectivity index (χ2n) is 7.27. The third-order valence-corrected chi connectivity index (χ3v) is 4.58. The van der Waals surface area contributed by atoms with Crippen molar-refractivity contribution < 1.29 is 14.3 Å². The average molecular weight is 374 g/mol. The molecule has 2 aromatic rings. The summed E-state index contributed by atoms with van der Waals surface area (Å²) in [5.74, 6) is 0.388. The van der Waals surface area contributed by atoms with Crippen LogP contribution in [0.5, 0.6) is 0 Å². The molecule has 1 fully saturated rings. The molecular weight excluding hydrogens is 352 g/mol. The number of nitrogens with zero attached hydrogens (tertiary/aromatic N) is 2. The summed E-state index contributed by atoms with van der Waals surface area (Å²) in [6.07, 6.45) is 2.04. The third kappa shape index (κ3) is 5.52. The standard InChI is InChI=1S/C18H22N4O3S/c1-18(2,3)25-17(24)19-13-8-4-11(5-9-13)10-14(23)20-16-22-21-15(26-16)12-6-7-12/h4-5,8-9,12H,6-7,10H2,1-3H3,(H,19,24)(H,20,22,23). The average Bonchev–Trinajstić information content (AvgIpc) is 3.28. The maximum absolute atomic E-state index is 12.1. The minimum atomic E-state index is -0.549. The van der Waals surface area contributed by atoms with Crippen LogP contribution in [0.3, 0.4) is 0 Å². The molecule has 0 bridgehead atoms. The van der Waals surface area contributed by atoms with E-state index >= 15 is 0 Å². The van der Waals surface area contributed by atoms with E-state index < -0.39 is 11.7 Å². The predicted octanol–water partition coefficient (Wildman–Crippen LogP) is 3.94. The monoisotopic (exact) mass is 374 g/mol. The molecule has 1 aliphatic rings. The van der Waals surface area contributed by atoms with Crippen molar-refractivity contribution in [3.63, 3.8) is 0 Å². The van der Waals surface area contributed by atoms with Crippen LogP contribution in [0.1, 0.15) is 50.1 Å². The van der Waals surface area contributed by atoms with Crippen LogP contribution in [0.4, 0.5) is 15.6 Å². The molecule has 1 heterocycles. The third-order valence-electron chi connectivity index (χ3n) is 3.58. The Bertz CT molecular complexity index is 792. The number of benzene rings is 1. The largest absolute Gasteiger partial charge is 0.444 e. The minimum absolute atomic E-state index is 0.142. The first-order chi connectivity index (χ1) is 12.3. The van der Waals surface area contributed by atoms with Crippen molar-refractivity contribution in [2.75, 3.05) is 10.6 Å². The Balaban J connectivity index is 1.49. The lowest BCUT2D eigenvalue weighted by molar-refractivity contribution is -0.115. The van der Waals surface area contributed by atoms with Gasteiger partial charge in [-0.3, -0.25) is 10.1 Å². The van der Waals surface area contributed by atoms with Crippen molar-refractivity contribution in [1.82, 2.24) is 10.2 Å². The number of nitrogens with one attached hydrogen (secondary N) is 2. The van der Waals surface area contributed by atoms with Gasteiger partial charge in [-0.2, -0.15) is 0 Å². The van der Waals surface area contributed by atoms with Crippen molar-refractivity contribution in [2.45, 2.75) is 51.6 Å². The molecule has 0 saturated heterocycles. The summed E-state index contributed by atoms with van der Waals surface area (Å²) in [7, 11) is 0. The zero-order valence-electron chi connectivity index (χ0n) is 15.0. The number of hydrogen-bond acceptors (Lipinski definition) is 6. The summed E-state index contributed by atoms with van der Waals surface area (Å²) in [4.78, 5) is 23.9. The van der Waals surface area contributed by atoms with Crippen LogP contribution in [0, 0.1) is 0 Å². The molecule has 0 radical (unpaired) electrons. The highest BCUT2D eigenvalue weighted by Gasteiger charge is 2.27. The molecule has 26 heavy (non-hydrogen) atoms. The molecule has 3 rings (SSSR count). The quantitative estimate of drug-likeness (QED) is 0.827. The fraction of sp³-hybridized carbons (Fsp3) is 0.444. The molecule has 2 amide bonds. The topological polar surface area (TPSA) is 93.2 Å². The summed E-state index contributed by atoms with van der Waals surface area (Å²) >= 11 is 1.44. The molecule has 1 saturated carbocycles. The van der Waals surface area contributed by atoms with E-state index in [-0.39, 0.29) is 12.3 Å². The van der Waals surface area contributed by atoms with E-state index in [9.17, 15) is 9.59 Å². The Labute approximate surface area is 156 Å². The highest BCUT2D eigenvalue weighted by atomic mass is 32.1. The van der Waals surface area contributed by atoms with Crippen molar-refractivity contribution in [1.29, 1.82) is 0 Å². The minimum Gasteiger partial charge on any atom is -0.444 e. The van der Waals surface area contributed by atoms with E-state index in [0.717, 1.165) is 23.4 Å². The molecule has 1 aromatic carbocycles. The van der Waals surface area contributed by atoms with Crippen LogP contribution in [-0.4, -0.2) is 27.8 Å². The number of carbonyl (C=O) groups is 2. The lowest BCUT2D eigenvalue weighted by atomic mass is 10.1. The lowest BCUT2D eigenvalue weighted by Gasteiger charge is -2.19. The maximum Gasteiger partial charge on any atom is 0.412 e. The summed E-state index contributed by atoms with van der Waals surface area (Å²) < 4.78 is 5.20. The molecule has 2 N–H and O–H groups in total. The van der Waals surface area contributed by atoms with Gasteiger partial charge >= 0.3 is 6.09 Å².